The van der Waals surface area contributed by atoms with Gasteiger partial charge in [0.25, 0.3) is 0 Å². The highest BCUT2D eigenvalue weighted by Gasteiger charge is 2.17. The van der Waals surface area contributed by atoms with E-state index in [0.29, 0.717) is 10.7 Å². The number of amides is 1. The average Bonchev–Trinajstić information content (AvgIpc) is 2.73. The standard InChI is InChI=1S/C22H15ClN2O2/c23-17-9-11-18(12-10-17)25(27)22(26)16-8-13-21(24-14-16)20-7-3-5-15-4-1-2-6-19(15)20/h1-14,25H. The average molecular weight is 375 g/mol. The predicted octanol–water partition coefficient (Wildman–Crippen LogP) is 4.41. The molecule has 5 heteroatoms. The maximum Gasteiger partial charge on any atom is 0.350 e. The van der Waals surface area contributed by atoms with Gasteiger partial charge >= 0.3 is 5.91 Å². The Morgan fingerprint density at radius 1 is 0.889 bits per heavy atom. The fourth-order valence-corrected chi connectivity index (χ4v) is 3.13. The SMILES string of the molecule is O=C(c1ccc(-c2cccc3ccccc23)nc1)[NH+]([O-])c1ccc(Cl)cc1. The number of nitrogens with one attached hydrogen (secondary N) is 1. The minimum atomic E-state index is -0.589. The van der Waals surface area contributed by atoms with Gasteiger partial charge in [0.05, 0.1) is 11.3 Å². The molecule has 4 rings (SSSR count). The monoisotopic (exact) mass is 374 g/mol. The van der Waals surface area contributed by atoms with E-state index in [4.69, 9.17) is 11.6 Å². The first kappa shape index (κ1) is 17.4. The van der Waals surface area contributed by atoms with Crippen LogP contribution in [0, 0.1) is 5.21 Å². The Balaban J connectivity index is 1.63. The third-order valence-electron chi connectivity index (χ3n) is 4.40. The van der Waals surface area contributed by atoms with Crippen molar-refractivity contribution in [3.8, 4) is 11.3 Å². The van der Waals surface area contributed by atoms with Crippen molar-refractivity contribution >= 4 is 34.0 Å². The quantitative estimate of drug-likeness (QED) is 0.540. The zero-order valence-corrected chi connectivity index (χ0v) is 15.0. The molecule has 0 aliphatic carbocycles. The van der Waals surface area contributed by atoms with Crippen LogP contribution in [-0.4, -0.2) is 10.9 Å². The van der Waals surface area contributed by atoms with Gasteiger partial charge in [-0.15, -0.1) is 0 Å². The van der Waals surface area contributed by atoms with Gasteiger partial charge in [0, 0.05) is 28.9 Å². The first-order chi connectivity index (χ1) is 13.1. The number of halogens is 1. The first-order valence-electron chi connectivity index (χ1n) is 8.42. The molecule has 0 bridgehead atoms. The summed E-state index contributed by atoms with van der Waals surface area (Å²) >= 11 is 5.82. The Labute approximate surface area is 161 Å². The molecule has 0 fully saturated rings. The van der Waals surface area contributed by atoms with Crippen molar-refractivity contribution in [2.75, 3.05) is 0 Å². The van der Waals surface area contributed by atoms with E-state index in [9.17, 15) is 10.0 Å². The second-order valence-electron chi connectivity index (χ2n) is 6.12. The fourth-order valence-electron chi connectivity index (χ4n) is 3.00. The molecule has 0 radical (unpaired) electrons. The second kappa shape index (κ2) is 7.29. The summed E-state index contributed by atoms with van der Waals surface area (Å²) in [7, 11) is 0. The molecule has 0 aliphatic rings. The normalized spacial score (nSPS) is 12.1. The van der Waals surface area contributed by atoms with E-state index < -0.39 is 11.0 Å². The van der Waals surface area contributed by atoms with Gasteiger partial charge in [-0.2, -0.15) is 0 Å². The number of benzene rings is 3. The predicted molar refractivity (Wildman–Crippen MR) is 107 cm³/mol. The molecule has 4 nitrogen and oxygen atoms in total. The molecule has 132 valence electrons. The van der Waals surface area contributed by atoms with Crippen LogP contribution < -0.4 is 5.06 Å². The first-order valence-corrected chi connectivity index (χ1v) is 8.80. The Bertz CT molecular complexity index is 1100. The van der Waals surface area contributed by atoms with Gasteiger partial charge < -0.3 is 5.21 Å². The largest absolute Gasteiger partial charge is 0.621 e. The molecule has 4 aromatic rings. The van der Waals surface area contributed by atoms with Crippen molar-refractivity contribution in [3.63, 3.8) is 0 Å². The molecule has 1 N–H and O–H groups in total. The van der Waals surface area contributed by atoms with Gasteiger partial charge in [0.15, 0.2) is 0 Å². The number of carbonyl (C=O) groups is 1. The van der Waals surface area contributed by atoms with Crippen LogP contribution in [0.5, 0.6) is 0 Å². The Morgan fingerprint density at radius 2 is 1.63 bits per heavy atom. The van der Waals surface area contributed by atoms with Crippen molar-refractivity contribution in [1.82, 2.24) is 4.98 Å². The molecule has 1 aromatic heterocycles. The van der Waals surface area contributed by atoms with Crippen molar-refractivity contribution in [2.24, 2.45) is 0 Å². The van der Waals surface area contributed by atoms with E-state index in [-0.39, 0.29) is 5.56 Å². The number of carbonyl (C=O) groups excluding carboxylic acids is 1. The molecular weight excluding hydrogens is 360 g/mol. The molecule has 27 heavy (non-hydrogen) atoms. The van der Waals surface area contributed by atoms with E-state index in [1.165, 1.54) is 6.20 Å². The molecule has 0 saturated heterocycles. The summed E-state index contributed by atoms with van der Waals surface area (Å²) in [5, 5.41) is 14.5. The minimum absolute atomic E-state index is 0.263. The van der Waals surface area contributed by atoms with Crippen molar-refractivity contribution in [1.29, 1.82) is 0 Å². The third kappa shape index (κ3) is 3.46. The summed E-state index contributed by atoms with van der Waals surface area (Å²) in [6.45, 7) is 0. The van der Waals surface area contributed by atoms with Crippen LogP contribution >= 0.6 is 11.6 Å². The van der Waals surface area contributed by atoms with Crippen LogP contribution in [0.2, 0.25) is 5.02 Å². The van der Waals surface area contributed by atoms with Gasteiger partial charge in [-0.25, -0.2) is 4.79 Å². The van der Waals surface area contributed by atoms with Crippen molar-refractivity contribution in [3.05, 3.63) is 101 Å². The topological polar surface area (TPSA) is 57.5 Å². The number of quaternary nitrogens is 1. The number of fused-ring (bicyclic) bond motifs is 1. The van der Waals surface area contributed by atoms with Crippen molar-refractivity contribution < 1.29 is 9.86 Å². The summed E-state index contributed by atoms with van der Waals surface area (Å²) in [6.07, 6.45) is 1.45. The van der Waals surface area contributed by atoms with Gasteiger partial charge in [0.2, 0.25) is 0 Å². The van der Waals surface area contributed by atoms with Crippen LogP contribution in [0.4, 0.5) is 5.69 Å². The molecule has 0 saturated carbocycles. The number of hydrogen-bond donors (Lipinski definition) is 1. The lowest BCUT2D eigenvalue weighted by atomic mass is 10.0. The van der Waals surface area contributed by atoms with Crippen molar-refractivity contribution in [2.45, 2.75) is 0 Å². The Hall–Kier alpha value is -3.05. The molecule has 1 heterocycles. The summed E-state index contributed by atoms with van der Waals surface area (Å²) in [5.74, 6) is -0.589. The number of hydroxylamine groups is 1. The number of aromatic nitrogens is 1. The highest BCUT2D eigenvalue weighted by atomic mass is 35.5. The highest BCUT2D eigenvalue weighted by Crippen LogP contribution is 2.27. The van der Waals surface area contributed by atoms with E-state index in [1.807, 2.05) is 42.5 Å². The molecule has 1 atom stereocenters. The highest BCUT2D eigenvalue weighted by molar-refractivity contribution is 6.30. The van der Waals surface area contributed by atoms with Gasteiger partial charge in [0.1, 0.15) is 5.69 Å². The van der Waals surface area contributed by atoms with E-state index in [1.54, 1.807) is 36.4 Å². The molecule has 0 spiro atoms. The third-order valence-corrected chi connectivity index (χ3v) is 4.66. The number of nitrogens with zero attached hydrogens (tertiary/aromatic N) is 1. The molecule has 3 aromatic carbocycles. The lowest BCUT2D eigenvalue weighted by Gasteiger charge is -2.19. The molecule has 0 aliphatic heterocycles. The summed E-state index contributed by atoms with van der Waals surface area (Å²) in [5.41, 5.74) is 2.31. The van der Waals surface area contributed by atoms with Crippen LogP contribution in [-0.2, 0) is 0 Å². The summed E-state index contributed by atoms with van der Waals surface area (Å²) < 4.78 is 0. The maximum absolute atomic E-state index is 12.5. The van der Waals surface area contributed by atoms with E-state index >= 15 is 0 Å². The summed E-state index contributed by atoms with van der Waals surface area (Å²) in [4.78, 5) is 16.9. The molecular formula is C22H15ClN2O2. The van der Waals surface area contributed by atoms with Crippen LogP contribution in [0.15, 0.2) is 85.1 Å². The number of pyridine rings is 1. The maximum atomic E-state index is 12.5. The smallest absolute Gasteiger partial charge is 0.350 e. The molecule has 1 unspecified atom stereocenters. The zero-order chi connectivity index (χ0) is 18.8. The van der Waals surface area contributed by atoms with Gasteiger partial charge in [-0.1, -0.05) is 54.1 Å². The lowest BCUT2D eigenvalue weighted by Crippen LogP contribution is -3.05. The Morgan fingerprint density at radius 3 is 2.37 bits per heavy atom. The Kier molecular flexibility index (Phi) is 4.69. The van der Waals surface area contributed by atoms with E-state index in [2.05, 4.69) is 4.98 Å². The number of hydrogen-bond acceptors (Lipinski definition) is 3. The van der Waals surface area contributed by atoms with Crippen LogP contribution in [0.25, 0.3) is 22.0 Å². The fraction of sp³-hybridized carbons (Fsp3) is 0. The van der Waals surface area contributed by atoms with Crippen LogP contribution in [0.1, 0.15) is 10.4 Å². The van der Waals surface area contributed by atoms with Crippen LogP contribution in [0.3, 0.4) is 0 Å². The van der Waals surface area contributed by atoms with Gasteiger partial charge in [-0.05, 0) is 35.0 Å². The zero-order valence-electron chi connectivity index (χ0n) is 14.2. The van der Waals surface area contributed by atoms with E-state index in [0.717, 1.165) is 22.0 Å². The lowest BCUT2D eigenvalue weighted by molar-refractivity contribution is -0.679. The van der Waals surface area contributed by atoms with Gasteiger partial charge in [-0.3, -0.25) is 10.0 Å². The molecule has 1 amide bonds. The summed E-state index contributed by atoms with van der Waals surface area (Å²) in [6, 6.07) is 23.7. The second-order valence-corrected chi connectivity index (χ2v) is 6.56. The minimum Gasteiger partial charge on any atom is -0.621 e. The number of rotatable bonds is 3.